The summed E-state index contributed by atoms with van der Waals surface area (Å²) in [6, 6.07) is 14.3. The molecule has 10 heteroatoms. The van der Waals surface area contributed by atoms with Crippen LogP contribution in [0.5, 0.6) is 11.5 Å². The molecule has 2 rings (SSSR count). The summed E-state index contributed by atoms with van der Waals surface area (Å²) < 4.78 is 55.5. The predicted octanol–water partition coefficient (Wildman–Crippen LogP) is 1.39. The maximum atomic E-state index is 12.0. The molecule has 0 bridgehead atoms. The van der Waals surface area contributed by atoms with Crippen molar-refractivity contribution >= 4 is 24.6 Å². The van der Waals surface area contributed by atoms with Gasteiger partial charge >= 0.3 is 24.6 Å². The molecule has 0 fully saturated rings. The van der Waals surface area contributed by atoms with E-state index >= 15 is 0 Å². The first-order chi connectivity index (χ1) is 10.8. The van der Waals surface area contributed by atoms with Gasteiger partial charge in [0.25, 0.3) is 0 Å². The zero-order chi connectivity index (χ0) is 16.9. The van der Waals surface area contributed by atoms with Crippen molar-refractivity contribution in [3.05, 3.63) is 66.2 Å². The van der Waals surface area contributed by atoms with Crippen LogP contribution in [0, 0.1) is 0 Å². The van der Waals surface area contributed by atoms with E-state index in [0.29, 0.717) is 0 Å². The fraction of sp³-hybridized carbons (Fsp3) is 0. The van der Waals surface area contributed by atoms with Gasteiger partial charge in [0.15, 0.2) is 0 Å². The Bertz CT molecular complexity index is 861. The maximum absolute atomic E-state index is 12.0. The van der Waals surface area contributed by atoms with Crippen molar-refractivity contribution in [1.82, 2.24) is 0 Å². The average Bonchev–Trinajstić information content (AvgIpc) is 2.48. The minimum Gasteiger partial charge on any atom is -0.373 e. The Balaban J connectivity index is 2.33. The summed E-state index contributed by atoms with van der Waals surface area (Å²) in [6.45, 7) is 0. The molecule has 8 nitrogen and oxygen atoms in total. The van der Waals surface area contributed by atoms with Gasteiger partial charge < -0.3 is 13.9 Å². The van der Waals surface area contributed by atoms with Crippen molar-refractivity contribution in [1.29, 1.82) is 0 Å². The zero-order valence-corrected chi connectivity index (χ0v) is 13.1. The van der Waals surface area contributed by atoms with E-state index < -0.39 is 24.6 Å². The van der Waals surface area contributed by atoms with Gasteiger partial charge in [-0.3, -0.25) is 0 Å². The molecule has 0 aliphatic rings. The van der Waals surface area contributed by atoms with E-state index in [1.54, 1.807) is 12.1 Å². The molecule has 0 unspecified atom stereocenters. The molecule has 0 atom stereocenters. The molecule has 0 saturated carbocycles. The van der Waals surface area contributed by atoms with Gasteiger partial charge in [-0.05, 0) is 24.3 Å². The van der Waals surface area contributed by atoms with Crippen LogP contribution in [0.4, 0.5) is 0 Å². The zero-order valence-electron chi connectivity index (χ0n) is 11.4. The summed E-state index contributed by atoms with van der Waals surface area (Å²) in [5, 5.41) is 0. The Morgan fingerprint density at radius 1 is 0.739 bits per heavy atom. The van der Waals surface area contributed by atoms with Crippen LogP contribution in [0.25, 0.3) is 5.53 Å². The molecule has 0 amide bonds. The summed E-state index contributed by atoms with van der Waals surface area (Å²) in [5.74, 6) is -0.299. The first kappa shape index (κ1) is 16.7. The summed E-state index contributed by atoms with van der Waals surface area (Å²) >= 11 is 0. The minimum absolute atomic E-state index is 0.149. The second kappa shape index (κ2) is 6.61. The van der Waals surface area contributed by atoms with E-state index in [9.17, 15) is 16.8 Å². The number of rotatable bonds is 4. The van der Waals surface area contributed by atoms with Crippen molar-refractivity contribution in [2.75, 3.05) is 0 Å². The standard InChI is InChI=1S/C13H10N2O6S2/c14-15-13(22(16,17)20-11-7-3-1-4-8-11)23(18,19)21-12-9-5-2-6-10-12/h1-10H. The highest BCUT2D eigenvalue weighted by molar-refractivity contribution is 8.27. The topological polar surface area (TPSA) is 123 Å². The normalized spacial score (nSPS) is 11.3. The molecule has 2 aromatic rings. The third kappa shape index (κ3) is 4.16. The highest BCUT2D eigenvalue weighted by atomic mass is 32.3. The average molecular weight is 354 g/mol. The molecule has 2 aromatic carbocycles. The number of hydrogen-bond acceptors (Lipinski definition) is 6. The highest BCUT2D eigenvalue weighted by Gasteiger charge is 2.46. The van der Waals surface area contributed by atoms with Gasteiger partial charge in [-0.15, -0.1) is 4.79 Å². The van der Waals surface area contributed by atoms with Crippen LogP contribution in [0.15, 0.2) is 60.7 Å². The monoisotopic (exact) mass is 354 g/mol. The Kier molecular flexibility index (Phi) is 4.80. The fourth-order valence-corrected chi connectivity index (χ4v) is 3.78. The van der Waals surface area contributed by atoms with E-state index in [0.717, 1.165) is 0 Å². The Morgan fingerprint density at radius 3 is 1.39 bits per heavy atom. The smallest absolute Gasteiger partial charge is 0.373 e. The van der Waals surface area contributed by atoms with Gasteiger partial charge in [0.1, 0.15) is 11.5 Å². The lowest BCUT2D eigenvalue weighted by atomic mass is 10.3. The van der Waals surface area contributed by atoms with Gasteiger partial charge in [0.05, 0.1) is 0 Å². The van der Waals surface area contributed by atoms with E-state index in [2.05, 4.69) is 13.2 Å². The molecular formula is C13H10N2O6S2. The molecule has 120 valence electrons. The Labute approximate surface area is 132 Å². The maximum Gasteiger partial charge on any atom is 0.568 e. The predicted molar refractivity (Wildman–Crippen MR) is 80.6 cm³/mol. The van der Waals surface area contributed by atoms with Gasteiger partial charge in [0, 0.05) is 0 Å². The first-order valence-corrected chi connectivity index (χ1v) is 8.88. The highest BCUT2D eigenvalue weighted by Crippen LogP contribution is 2.17. The molecule has 0 heterocycles. The van der Waals surface area contributed by atoms with Gasteiger partial charge in [-0.1, -0.05) is 36.4 Å². The van der Waals surface area contributed by atoms with Gasteiger partial charge in [-0.2, -0.15) is 16.8 Å². The minimum atomic E-state index is -4.92. The molecule has 0 N–H and O–H groups in total. The van der Waals surface area contributed by atoms with Gasteiger partial charge in [0.2, 0.25) is 0 Å². The molecule has 0 aliphatic carbocycles. The van der Waals surface area contributed by atoms with Crippen LogP contribution in [0.3, 0.4) is 0 Å². The lowest BCUT2D eigenvalue weighted by Crippen LogP contribution is -2.32. The van der Waals surface area contributed by atoms with Crippen LogP contribution in [0.2, 0.25) is 0 Å². The quantitative estimate of drug-likeness (QED) is 0.269. The number of para-hydroxylation sites is 2. The molecule has 0 spiro atoms. The molecule has 0 aliphatic heterocycles. The lowest BCUT2D eigenvalue weighted by molar-refractivity contribution is 0.00269. The molecule has 0 radical (unpaired) electrons. The second-order valence-corrected chi connectivity index (χ2v) is 7.25. The Morgan fingerprint density at radius 2 is 1.09 bits per heavy atom. The van der Waals surface area contributed by atoms with Gasteiger partial charge in [-0.25, -0.2) is 0 Å². The third-order valence-corrected chi connectivity index (χ3v) is 5.47. The fourth-order valence-electron chi connectivity index (χ4n) is 1.50. The summed E-state index contributed by atoms with van der Waals surface area (Å²) in [7, 11) is -9.83. The SMILES string of the molecule is [N-]=[N+]=C(S(=O)(=O)Oc1ccccc1)S(=O)(=O)Oc1ccccc1. The number of hydrogen-bond donors (Lipinski definition) is 0. The second-order valence-electron chi connectivity index (χ2n) is 4.07. The number of benzene rings is 2. The van der Waals surface area contributed by atoms with Crippen LogP contribution < -0.4 is 8.37 Å². The van der Waals surface area contributed by atoms with Crippen molar-refractivity contribution in [2.24, 2.45) is 0 Å². The van der Waals surface area contributed by atoms with Crippen molar-refractivity contribution in [2.45, 2.75) is 0 Å². The molecule has 23 heavy (non-hydrogen) atoms. The molecule has 0 saturated heterocycles. The van der Waals surface area contributed by atoms with Crippen molar-refractivity contribution in [3.63, 3.8) is 0 Å². The summed E-state index contributed by atoms with van der Waals surface area (Å²) in [4.78, 5) is 2.31. The Hall–Kier alpha value is -2.68. The van der Waals surface area contributed by atoms with E-state index in [4.69, 9.17) is 5.53 Å². The number of nitrogens with zero attached hydrogens (tertiary/aromatic N) is 2. The lowest BCUT2D eigenvalue weighted by Gasteiger charge is -2.05. The largest absolute Gasteiger partial charge is 0.568 e. The van der Waals surface area contributed by atoms with E-state index in [-0.39, 0.29) is 11.5 Å². The summed E-state index contributed by atoms with van der Waals surface area (Å²) in [6.07, 6.45) is 0. The summed E-state index contributed by atoms with van der Waals surface area (Å²) in [5.41, 5.74) is 8.82. The van der Waals surface area contributed by atoms with Crippen molar-refractivity contribution < 1.29 is 30.0 Å². The van der Waals surface area contributed by atoms with Crippen LogP contribution in [0.1, 0.15) is 0 Å². The van der Waals surface area contributed by atoms with Crippen molar-refractivity contribution in [3.8, 4) is 11.5 Å². The van der Waals surface area contributed by atoms with Crippen LogP contribution >= 0.6 is 0 Å². The van der Waals surface area contributed by atoms with E-state index in [1.165, 1.54) is 48.5 Å². The molecular weight excluding hydrogens is 344 g/mol. The first-order valence-electron chi connectivity index (χ1n) is 6.06. The van der Waals surface area contributed by atoms with Crippen LogP contribution in [-0.4, -0.2) is 26.0 Å². The van der Waals surface area contributed by atoms with E-state index in [1.807, 2.05) is 0 Å². The third-order valence-electron chi connectivity index (χ3n) is 2.41. The molecule has 0 aromatic heterocycles. The van der Waals surface area contributed by atoms with Crippen LogP contribution in [-0.2, 0) is 20.2 Å².